The summed E-state index contributed by atoms with van der Waals surface area (Å²) < 4.78 is 13.9. The zero-order chi connectivity index (χ0) is 24.9. The van der Waals surface area contributed by atoms with Crippen molar-refractivity contribution in [2.24, 2.45) is 11.8 Å². The number of urea groups is 1. The number of imide groups is 1. The molecule has 3 rings (SSSR count). The Hall–Kier alpha value is -2.48. The summed E-state index contributed by atoms with van der Waals surface area (Å²) >= 11 is 0. The Kier molecular flexibility index (Phi) is 8.68. The Morgan fingerprint density at radius 1 is 1.26 bits per heavy atom. The van der Waals surface area contributed by atoms with Gasteiger partial charge >= 0.3 is 6.03 Å². The molecular weight excluding hydrogens is 435 g/mol. The van der Waals surface area contributed by atoms with Gasteiger partial charge in [0.1, 0.15) is 11.4 Å². The van der Waals surface area contributed by atoms with Crippen molar-refractivity contribution in [3.05, 3.63) is 35.6 Å². The molecule has 4 amide bonds. The van der Waals surface area contributed by atoms with Crippen LogP contribution in [0.3, 0.4) is 0 Å². The number of likely N-dealkylation sites (tertiary alicyclic amines) is 1. The number of carbonyl (C=O) groups is 3. The van der Waals surface area contributed by atoms with Crippen molar-refractivity contribution < 1.29 is 18.8 Å². The fourth-order valence-electron chi connectivity index (χ4n) is 5.10. The Morgan fingerprint density at radius 3 is 2.59 bits per heavy atom. The van der Waals surface area contributed by atoms with E-state index in [1.807, 2.05) is 23.9 Å². The van der Waals surface area contributed by atoms with Crippen LogP contribution in [0, 0.1) is 17.7 Å². The Balaban J connectivity index is 1.79. The van der Waals surface area contributed by atoms with E-state index >= 15 is 0 Å². The standard InChI is InChI=1S/C26H39FN4O3/c1-5-19(2)16-23(32)30-14-10-21(11-15-30)26(18-20-8-6-9-22(27)17-20)24(33)31(25(34)28-26)13-7-12-29(3)4/h6,8-9,17,19,21H,5,7,10-16,18H2,1-4H3,(H,28,34). The number of amides is 4. The highest BCUT2D eigenvalue weighted by Gasteiger charge is 2.55. The molecule has 0 aromatic heterocycles. The largest absolute Gasteiger partial charge is 0.343 e. The van der Waals surface area contributed by atoms with Crippen molar-refractivity contribution in [2.75, 3.05) is 40.3 Å². The minimum Gasteiger partial charge on any atom is -0.343 e. The van der Waals surface area contributed by atoms with Crippen LogP contribution >= 0.6 is 0 Å². The zero-order valence-corrected chi connectivity index (χ0v) is 21.0. The lowest BCUT2D eigenvalue weighted by atomic mass is 9.73. The van der Waals surface area contributed by atoms with Crippen molar-refractivity contribution in [1.82, 2.24) is 20.0 Å². The lowest BCUT2D eigenvalue weighted by Crippen LogP contribution is -2.58. The molecular formula is C26H39FN4O3. The lowest BCUT2D eigenvalue weighted by molar-refractivity contribution is -0.136. The number of benzene rings is 1. The van der Waals surface area contributed by atoms with Crippen LogP contribution in [0.4, 0.5) is 9.18 Å². The summed E-state index contributed by atoms with van der Waals surface area (Å²) in [5, 5.41) is 3.03. The molecule has 2 aliphatic heterocycles. The van der Waals surface area contributed by atoms with Gasteiger partial charge in [-0.05, 0) is 69.4 Å². The minimum absolute atomic E-state index is 0.126. The predicted octanol–water partition coefficient (Wildman–Crippen LogP) is 3.29. The monoisotopic (exact) mass is 474 g/mol. The molecule has 0 saturated carbocycles. The Morgan fingerprint density at radius 2 is 1.97 bits per heavy atom. The number of hydrogen-bond acceptors (Lipinski definition) is 4. The molecule has 0 radical (unpaired) electrons. The van der Waals surface area contributed by atoms with Gasteiger partial charge in [-0.3, -0.25) is 14.5 Å². The third-order valence-electron chi connectivity index (χ3n) is 7.33. The van der Waals surface area contributed by atoms with Crippen LogP contribution < -0.4 is 5.32 Å². The summed E-state index contributed by atoms with van der Waals surface area (Å²) in [6.45, 7) is 6.41. The zero-order valence-electron chi connectivity index (χ0n) is 21.0. The molecule has 7 nitrogen and oxygen atoms in total. The van der Waals surface area contributed by atoms with Gasteiger partial charge in [-0.15, -0.1) is 0 Å². The van der Waals surface area contributed by atoms with Crippen LogP contribution in [0.15, 0.2) is 24.3 Å². The molecule has 1 aromatic rings. The first kappa shape index (κ1) is 26.1. The molecule has 2 aliphatic rings. The number of rotatable bonds is 10. The van der Waals surface area contributed by atoms with E-state index in [1.165, 1.54) is 17.0 Å². The topological polar surface area (TPSA) is 73.0 Å². The van der Waals surface area contributed by atoms with Crippen molar-refractivity contribution in [1.29, 1.82) is 0 Å². The third kappa shape index (κ3) is 5.95. The average Bonchev–Trinajstić information content (AvgIpc) is 3.03. The summed E-state index contributed by atoms with van der Waals surface area (Å²) in [5.74, 6) is -0.226. The van der Waals surface area contributed by atoms with Gasteiger partial charge in [-0.25, -0.2) is 9.18 Å². The minimum atomic E-state index is -1.12. The molecule has 188 valence electrons. The van der Waals surface area contributed by atoms with Gasteiger partial charge in [0.2, 0.25) is 5.91 Å². The second-order valence-corrected chi connectivity index (χ2v) is 10.2. The molecule has 2 unspecified atom stereocenters. The fourth-order valence-corrected chi connectivity index (χ4v) is 5.10. The Labute approximate surface area is 202 Å². The summed E-state index contributed by atoms with van der Waals surface area (Å²) in [5.41, 5.74) is -0.437. The van der Waals surface area contributed by atoms with E-state index in [-0.39, 0.29) is 36.0 Å². The molecule has 0 spiro atoms. The van der Waals surface area contributed by atoms with E-state index in [2.05, 4.69) is 19.2 Å². The molecule has 0 bridgehead atoms. The van der Waals surface area contributed by atoms with Gasteiger partial charge in [0.05, 0.1) is 0 Å². The maximum absolute atomic E-state index is 13.9. The summed E-state index contributed by atoms with van der Waals surface area (Å²) in [7, 11) is 3.91. The SMILES string of the molecule is CCC(C)CC(=O)N1CCC(C2(Cc3cccc(F)c3)NC(=O)N(CCCN(C)C)C2=O)CC1. The number of nitrogens with zero attached hydrogens (tertiary/aromatic N) is 3. The summed E-state index contributed by atoms with van der Waals surface area (Å²) in [4.78, 5) is 44.6. The number of halogens is 1. The van der Waals surface area contributed by atoms with Gasteiger partial charge < -0.3 is 15.1 Å². The van der Waals surface area contributed by atoms with Gasteiger partial charge in [-0.2, -0.15) is 0 Å². The van der Waals surface area contributed by atoms with E-state index in [0.717, 1.165) is 13.0 Å². The van der Waals surface area contributed by atoms with Gasteiger partial charge in [-0.1, -0.05) is 32.4 Å². The molecule has 1 N–H and O–H groups in total. The second kappa shape index (κ2) is 11.3. The average molecular weight is 475 g/mol. The third-order valence-corrected chi connectivity index (χ3v) is 7.33. The van der Waals surface area contributed by atoms with Crippen LogP contribution in [0.25, 0.3) is 0 Å². The van der Waals surface area contributed by atoms with E-state index in [4.69, 9.17) is 0 Å². The normalized spacial score (nSPS) is 22.4. The summed E-state index contributed by atoms with van der Waals surface area (Å²) in [6, 6.07) is 5.85. The molecule has 2 fully saturated rings. The first-order chi connectivity index (χ1) is 16.2. The van der Waals surface area contributed by atoms with Crippen LogP contribution in [0.2, 0.25) is 0 Å². The number of nitrogens with one attached hydrogen (secondary N) is 1. The number of hydrogen-bond donors (Lipinski definition) is 1. The number of piperidine rings is 1. The molecule has 8 heteroatoms. The smallest absolute Gasteiger partial charge is 0.325 e. The molecule has 2 saturated heterocycles. The maximum atomic E-state index is 13.9. The van der Waals surface area contributed by atoms with Gasteiger partial charge in [0.15, 0.2) is 0 Å². The highest BCUT2D eigenvalue weighted by Crippen LogP contribution is 2.37. The number of carbonyl (C=O) groups excluding carboxylic acids is 3. The fraction of sp³-hybridized carbons (Fsp3) is 0.654. The first-order valence-electron chi connectivity index (χ1n) is 12.5. The van der Waals surface area contributed by atoms with Crippen molar-refractivity contribution in [2.45, 2.75) is 57.9 Å². The van der Waals surface area contributed by atoms with Crippen molar-refractivity contribution in [3.8, 4) is 0 Å². The highest BCUT2D eigenvalue weighted by molar-refractivity contribution is 6.07. The summed E-state index contributed by atoms with van der Waals surface area (Å²) in [6.07, 6.45) is 3.67. The van der Waals surface area contributed by atoms with E-state index in [0.29, 0.717) is 56.8 Å². The highest BCUT2D eigenvalue weighted by atomic mass is 19.1. The predicted molar refractivity (Wildman–Crippen MR) is 130 cm³/mol. The van der Waals surface area contributed by atoms with E-state index < -0.39 is 5.54 Å². The van der Waals surface area contributed by atoms with Crippen LogP contribution in [0.1, 0.15) is 51.5 Å². The van der Waals surface area contributed by atoms with E-state index in [1.54, 1.807) is 12.1 Å². The second-order valence-electron chi connectivity index (χ2n) is 10.2. The molecule has 0 aliphatic carbocycles. The maximum Gasteiger partial charge on any atom is 0.325 e. The molecule has 2 atom stereocenters. The first-order valence-corrected chi connectivity index (χ1v) is 12.5. The molecule has 34 heavy (non-hydrogen) atoms. The quantitative estimate of drug-likeness (QED) is 0.528. The van der Waals surface area contributed by atoms with Crippen LogP contribution in [-0.2, 0) is 16.0 Å². The van der Waals surface area contributed by atoms with E-state index in [9.17, 15) is 18.8 Å². The lowest BCUT2D eigenvalue weighted by Gasteiger charge is -2.41. The van der Waals surface area contributed by atoms with Gasteiger partial charge in [0, 0.05) is 32.5 Å². The van der Waals surface area contributed by atoms with Gasteiger partial charge in [0.25, 0.3) is 5.91 Å². The Bertz CT molecular complexity index is 885. The molecule has 2 heterocycles. The molecule has 1 aromatic carbocycles. The van der Waals surface area contributed by atoms with Crippen LogP contribution in [-0.4, -0.2) is 78.4 Å². The van der Waals surface area contributed by atoms with Crippen molar-refractivity contribution >= 4 is 17.8 Å². The van der Waals surface area contributed by atoms with Crippen molar-refractivity contribution in [3.63, 3.8) is 0 Å². The van der Waals surface area contributed by atoms with Crippen LogP contribution in [0.5, 0.6) is 0 Å².